The first-order chi connectivity index (χ1) is 6.72. The summed E-state index contributed by atoms with van der Waals surface area (Å²) >= 11 is 0. The van der Waals surface area contributed by atoms with Crippen LogP contribution in [0.1, 0.15) is 18.9 Å². The van der Waals surface area contributed by atoms with Crippen LogP contribution in [0.4, 0.5) is 0 Å². The molecule has 0 aromatic heterocycles. The number of hydrogen-bond acceptors (Lipinski definition) is 2. The van der Waals surface area contributed by atoms with Crippen LogP contribution in [-0.4, -0.2) is 24.5 Å². The van der Waals surface area contributed by atoms with Crippen molar-refractivity contribution in [3.63, 3.8) is 0 Å². The first-order valence-electron chi connectivity index (χ1n) is 5.20. The molecular weight excluding hydrogens is 172 g/mol. The monoisotopic (exact) mass is 192 g/mol. The van der Waals surface area contributed by atoms with Crippen molar-refractivity contribution >= 4 is 0 Å². The molecule has 0 heterocycles. The predicted octanol–water partition coefficient (Wildman–Crippen LogP) is 1.86. The maximum Gasteiger partial charge on any atom is 0.0231 e. The highest BCUT2D eigenvalue weighted by Crippen LogP contribution is 2.03. The van der Waals surface area contributed by atoms with Gasteiger partial charge in [0.05, 0.1) is 0 Å². The van der Waals surface area contributed by atoms with Gasteiger partial charge in [-0.3, -0.25) is 0 Å². The van der Waals surface area contributed by atoms with Crippen molar-refractivity contribution in [3.8, 4) is 0 Å². The number of nitrogens with zero attached hydrogens (tertiary/aromatic N) is 1. The molecule has 2 heteroatoms. The van der Waals surface area contributed by atoms with Crippen LogP contribution < -0.4 is 5.73 Å². The summed E-state index contributed by atoms with van der Waals surface area (Å²) in [6.45, 7) is 4.07. The van der Waals surface area contributed by atoms with Gasteiger partial charge in [-0.1, -0.05) is 37.3 Å². The second-order valence-electron chi connectivity index (χ2n) is 3.85. The van der Waals surface area contributed by atoms with E-state index in [9.17, 15) is 0 Å². The van der Waals surface area contributed by atoms with Crippen LogP contribution in [0.2, 0.25) is 0 Å². The molecule has 0 radical (unpaired) electrons. The zero-order chi connectivity index (χ0) is 10.4. The Labute approximate surface area is 86.7 Å². The number of rotatable bonds is 5. The lowest BCUT2D eigenvalue weighted by Crippen LogP contribution is -2.34. The third kappa shape index (κ3) is 3.90. The van der Waals surface area contributed by atoms with Gasteiger partial charge in [-0.25, -0.2) is 0 Å². The molecule has 0 unspecified atom stereocenters. The van der Waals surface area contributed by atoms with Crippen molar-refractivity contribution in [1.82, 2.24) is 4.90 Å². The van der Waals surface area contributed by atoms with Crippen molar-refractivity contribution in [2.24, 2.45) is 5.73 Å². The molecule has 1 atom stereocenters. The second-order valence-corrected chi connectivity index (χ2v) is 3.85. The predicted molar refractivity (Wildman–Crippen MR) is 61.0 cm³/mol. The fourth-order valence-electron chi connectivity index (χ4n) is 1.49. The van der Waals surface area contributed by atoms with E-state index in [2.05, 4.69) is 43.1 Å². The van der Waals surface area contributed by atoms with Crippen LogP contribution >= 0.6 is 0 Å². The summed E-state index contributed by atoms with van der Waals surface area (Å²) in [6, 6.07) is 10.8. The molecular formula is C12H20N2. The third-order valence-electron chi connectivity index (χ3n) is 2.37. The van der Waals surface area contributed by atoms with Gasteiger partial charge in [0.1, 0.15) is 0 Å². The van der Waals surface area contributed by atoms with Gasteiger partial charge >= 0.3 is 0 Å². The van der Waals surface area contributed by atoms with Crippen LogP contribution in [-0.2, 0) is 6.54 Å². The molecule has 0 saturated carbocycles. The van der Waals surface area contributed by atoms with Crippen LogP contribution in [0.3, 0.4) is 0 Å². The summed E-state index contributed by atoms with van der Waals surface area (Å²) < 4.78 is 0. The van der Waals surface area contributed by atoms with Crippen molar-refractivity contribution in [2.75, 3.05) is 13.6 Å². The molecule has 14 heavy (non-hydrogen) atoms. The molecule has 0 aliphatic heterocycles. The zero-order valence-corrected chi connectivity index (χ0v) is 9.11. The van der Waals surface area contributed by atoms with Crippen LogP contribution in [0.5, 0.6) is 0 Å². The van der Waals surface area contributed by atoms with Gasteiger partial charge in [0, 0.05) is 19.1 Å². The van der Waals surface area contributed by atoms with Crippen LogP contribution in [0.25, 0.3) is 0 Å². The molecule has 1 aromatic rings. The van der Waals surface area contributed by atoms with E-state index in [1.165, 1.54) is 5.56 Å². The molecule has 0 aliphatic rings. The molecule has 0 aliphatic carbocycles. The standard InChI is InChI=1S/C12H20N2/c1-3-12(13)10-14(2)9-11-7-5-4-6-8-11/h4-8,12H,3,9-10,13H2,1-2H3/t12-/m0/s1. The molecule has 78 valence electrons. The number of hydrogen-bond donors (Lipinski definition) is 1. The Morgan fingerprint density at radius 2 is 1.93 bits per heavy atom. The normalized spacial score (nSPS) is 13.1. The summed E-state index contributed by atoms with van der Waals surface area (Å²) in [5.41, 5.74) is 7.23. The van der Waals surface area contributed by atoms with Crippen molar-refractivity contribution in [1.29, 1.82) is 0 Å². The van der Waals surface area contributed by atoms with Crippen LogP contribution in [0, 0.1) is 0 Å². The fourth-order valence-corrected chi connectivity index (χ4v) is 1.49. The Morgan fingerprint density at radius 3 is 2.50 bits per heavy atom. The minimum Gasteiger partial charge on any atom is -0.327 e. The number of nitrogens with two attached hydrogens (primary N) is 1. The molecule has 0 amide bonds. The highest BCUT2D eigenvalue weighted by molar-refractivity contribution is 5.14. The van der Waals surface area contributed by atoms with Gasteiger partial charge in [0.25, 0.3) is 0 Å². The average molecular weight is 192 g/mol. The Morgan fingerprint density at radius 1 is 1.29 bits per heavy atom. The molecule has 2 N–H and O–H groups in total. The summed E-state index contributed by atoms with van der Waals surface area (Å²) in [5.74, 6) is 0. The van der Waals surface area contributed by atoms with E-state index >= 15 is 0 Å². The van der Waals surface area contributed by atoms with Gasteiger partial charge in [0.2, 0.25) is 0 Å². The quantitative estimate of drug-likeness (QED) is 0.771. The first-order valence-corrected chi connectivity index (χ1v) is 5.20. The number of likely N-dealkylation sites (N-methyl/N-ethyl adjacent to an activating group) is 1. The van der Waals surface area contributed by atoms with Gasteiger partial charge in [-0.15, -0.1) is 0 Å². The third-order valence-corrected chi connectivity index (χ3v) is 2.37. The Bertz CT molecular complexity index is 246. The van der Waals surface area contributed by atoms with Crippen molar-refractivity contribution in [3.05, 3.63) is 35.9 Å². The lowest BCUT2D eigenvalue weighted by atomic mass is 10.2. The van der Waals surface area contributed by atoms with E-state index < -0.39 is 0 Å². The van der Waals surface area contributed by atoms with Gasteiger partial charge in [0.15, 0.2) is 0 Å². The van der Waals surface area contributed by atoms with Gasteiger partial charge < -0.3 is 10.6 Å². The van der Waals surface area contributed by atoms with E-state index in [1.54, 1.807) is 0 Å². The van der Waals surface area contributed by atoms with E-state index in [0.717, 1.165) is 19.5 Å². The Balaban J connectivity index is 2.37. The first kappa shape index (κ1) is 11.2. The molecule has 0 saturated heterocycles. The summed E-state index contributed by atoms with van der Waals surface area (Å²) in [7, 11) is 2.11. The minimum absolute atomic E-state index is 0.295. The van der Waals surface area contributed by atoms with E-state index in [-0.39, 0.29) is 0 Å². The summed E-state index contributed by atoms with van der Waals surface area (Å²) in [5, 5.41) is 0. The lowest BCUT2D eigenvalue weighted by Gasteiger charge is -2.20. The topological polar surface area (TPSA) is 29.3 Å². The fraction of sp³-hybridized carbons (Fsp3) is 0.500. The van der Waals surface area contributed by atoms with E-state index in [1.807, 2.05) is 6.07 Å². The highest BCUT2D eigenvalue weighted by atomic mass is 15.1. The maximum absolute atomic E-state index is 5.89. The van der Waals surface area contributed by atoms with Crippen molar-refractivity contribution in [2.45, 2.75) is 25.9 Å². The van der Waals surface area contributed by atoms with Gasteiger partial charge in [-0.05, 0) is 19.0 Å². The summed E-state index contributed by atoms with van der Waals surface area (Å²) in [4.78, 5) is 2.27. The molecule has 0 fully saturated rings. The Kier molecular flexibility index (Phi) is 4.63. The second kappa shape index (κ2) is 5.78. The van der Waals surface area contributed by atoms with E-state index in [4.69, 9.17) is 5.73 Å². The highest BCUT2D eigenvalue weighted by Gasteiger charge is 2.04. The largest absolute Gasteiger partial charge is 0.327 e. The molecule has 1 aromatic carbocycles. The average Bonchev–Trinajstić information content (AvgIpc) is 2.19. The van der Waals surface area contributed by atoms with E-state index in [0.29, 0.717) is 6.04 Å². The summed E-state index contributed by atoms with van der Waals surface area (Å²) in [6.07, 6.45) is 1.04. The van der Waals surface area contributed by atoms with Crippen molar-refractivity contribution < 1.29 is 0 Å². The maximum atomic E-state index is 5.89. The molecule has 0 spiro atoms. The number of benzene rings is 1. The Hall–Kier alpha value is -0.860. The SMILES string of the molecule is CC[C@H](N)CN(C)Cc1ccccc1. The molecule has 2 nitrogen and oxygen atoms in total. The minimum atomic E-state index is 0.295. The van der Waals surface area contributed by atoms with Gasteiger partial charge in [-0.2, -0.15) is 0 Å². The molecule has 0 bridgehead atoms. The van der Waals surface area contributed by atoms with Crippen LogP contribution in [0.15, 0.2) is 30.3 Å². The zero-order valence-electron chi connectivity index (χ0n) is 9.11. The lowest BCUT2D eigenvalue weighted by molar-refractivity contribution is 0.300. The smallest absolute Gasteiger partial charge is 0.0231 e. The molecule has 1 rings (SSSR count).